The molecular weight excluding hydrogens is 1280 g/mol. The van der Waals surface area contributed by atoms with E-state index in [9.17, 15) is 43.2 Å². The molecule has 0 aliphatic rings. The topological polar surface area (TPSA) is 237 Å². The number of aliphatic hydroxyl groups excluding tert-OH is 1. The van der Waals surface area contributed by atoms with Crippen LogP contribution < -0.4 is 0 Å². The van der Waals surface area contributed by atoms with E-state index in [1.165, 1.54) is 212 Å². The first-order chi connectivity index (χ1) is 47.3. The quantitative estimate of drug-likeness (QED) is 0.0222. The van der Waals surface area contributed by atoms with Crippen molar-refractivity contribution in [1.82, 2.24) is 0 Å². The van der Waals surface area contributed by atoms with Crippen LogP contribution in [0, 0.1) is 17.8 Å². The maximum atomic E-state index is 13.1. The number of aliphatic hydroxyl groups is 1. The van der Waals surface area contributed by atoms with Gasteiger partial charge in [-0.2, -0.15) is 0 Å². The first-order valence-electron chi connectivity index (χ1n) is 40.9. The van der Waals surface area contributed by atoms with Gasteiger partial charge in [-0.3, -0.25) is 37.3 Å². The number of unbranched alkanes of at least 4 members (excludes halogenated alkanes) is 44. The van der Waals surface area contributed by atoms with E-state index in [0.29, 0.717) is 31.6 Å². The maximum absolute atomic E-state index is 13.1. The van der Waals surface area contributed by atoms with Gasteiger partial charge in [-0.25, -0.2) is 9.13 Å². The van der Waals surface area contributed by atoms with Crippen molar-refractivity contribution in [2.24, 2.45) is 17.8 Å². The Hall–Kier alpha value is -1.94. The minimum atomic E-state index is -4.96. The summed E-state index contributed by atoms with van der Waals surface area (Å²) in [6, 6.07) is 0. The van der Waals surface area contributed by atoms with Crippen LogP contribution in [0.2, 0.25) is 0 Å². The molecule has 19 heteroatoms. The molecule has 0 aliphatic carbocycles. The van der Waals surface area contributed by atoms with Gasteiger partial charge >= 0.3 is 39.5 Å². The fourth-order valence-electron chi connectivity index (χ4n) is 12.1. The van der Waals surface area contributed by atoms with Crippen molar-refractivity contribution in [3.63, 3.8) is 0 Å². The number of hydrogen-bond donors (Lipinski definition) is 3. The number of rotatable bonds is 77. The van der Waals surface area contributed by atoms with Crippen molar-refractivity contribution in [3.8, 4) is 0 Å². The molecule has 17 nitrogen and oxygen atoms in total. The third-order valence-electron chi connectivity index (χ3n) is 18.7. The van der Waals surface area contributed by atoms with Crippen LogP contribution in [0.15, 0.2) is 0 Å². The fourth-order valence-corrected chi connectivity index (χ4v) is 13.7. The predicted octanol–water partition coefficient (Wildman–Crippen LogP) is 23.4. The van der Waals surface area contributed by atoms with Crippen LogP contribution in [-0.4, -0.2) is 96.7 Å². The Morgan fingerprint density at radius 3 is 0.776 bits per heavy atom. The average Bonchev–Trinajstić information content (AvgIpc) is 1.04. The van der Waals surface area contributed by atoms with E-state index in [-0.39, 0.29) is 25.7 Å². The van der Waals surface area contributed by atoms with Gasteiger partial charge < -0.3 is 33.8 Å². The van der Waals surface area contributed by atoms with Crippen molar-refractivity contribution < 1.29 is 80.2 Å². The first kappa shape index (κ1) is 96.1. The smallest absolute Gasteiger partial charge is 0.462 e. The Labute approximate surface area is 600 Å². The van der Waals surface area contributed by atoms with E-state index in [2.05, 4.69) is 48.5 Å². The SMILES string of the molecule is CCCCCCCCCCCCCCCCC(=O)O[C@H](COC(=O)CCCCCCCCCC(C)C)COP(=O)(O)OC[C@H](O)COP(=O)(O)OC[C@@H](COC(=O)CCCCCCCCCCCCCCCC(C)C)OC(=O)CCCCCCCCCCCCCCCCC(C)CC. The summed E-state index contributed by atoms with van der Waals surface area (Å²) in [6.45, 7) is 11.9. The molecule has 0 aromatic heterocycles. The van der Waals surface area contributed by atoms with Gasteiger partial charge in [-0.15, -0.1) is 0 Å². The highest BCUT2D eigenvalue weighted by atomic mass is 31.2. The monoisotopic (exact) mass is 1440 g/mol. The van der Waals surface area contributed by atoms with E-state index in [4.69, 9.17) is 37.0 Å². The summed E-state index contributed by atoms with van der Waals surface area (Å²) in [7, 11) is -9.92. The molecule has 0 aromatic rings. The van der Waals surface area contributed by atoms with E-state index < -0.39 is 97.5 Å². The van der Waals surface area contributed by atoms with Crippen LogP contribution in [0.3, 0.4) is 0 Å². The lowest BCUT2D eigenvalue weighted by Gasteiger charge is -2.21. The molecular formula is C79H154O17P2. The van der Waals surface area contributed by atoms with Crippen molar-refractivity contribution in [1.29, 1.82) is 0 Å². The van der Waals surface area contributed by atoms with Gasteiger partial charge in [0.2, 0.25) is 0 Å². The highest BCUT2D eigenvalue weighted by molar-refractivity contribution is 7.47. The second kappa shape index (κ2) is 69.4. The number of phosphoric acid groups is 2. The van der Waals surface area contributed by atoms with Gasteiger partial charge in [0.25, 0.3) is 0 Å². The van der Waals surface area contributed by atoms with Crippen LogP contribution in [0.5, 0.6) is 0 Å². The highest BCUT2D eigenvalue weighted by Gasteiger charge is 2.30. The fraction of sp³-hybridized carbons (Fsp3) is 0.949. The van der Waals surface area contributed by atoms with Crippen LogP contribution >= 0.6 is 15.6 Å². The Morgan fingerprint density at radius 2 is 0.520 bits per heavy atom. The van der Waals surface area contributed by atoms with Crippen LogP contribution in [-0.2, 0) is 65.4 Å². The molecule has 0 saturated heterocycles. The standard InChI is InChI=1S/C79H154O17P2/c1-8-10-11-12-13-14-15-16-22-28-33-40-48-55-62-79(84)96-75(67-90-77(82)61-54-47-42-35-37-44-51-58-71(5)6)69-94-98(87,88)92-65-73(80)64-91-97(85,86)93-68-74(66-89-76(81)60-53-46-39-32-27-24-19-20-25-30-36-43-50-57-70(3)4)95-78(83)63-56-49-41-34-29-23-18-17-21-26-31-38-45-52-59-72(7)9-2/h70-75,80H,8-69H2,1-7H3,(H,85,86)(H,87,88)/t72?,73-,74-,75-/m1/s1. The molecule has 3 unspecified atom stereocenters. The summed E-state index contributed by atoms with van der Waals surface area (Å²) in [6.07, 6.45) is 56.8. The molecule has 0 rings (SSSR count). The molecule has 0 radical (unpaired) electrons. The van der Waals surface area contributed by atoms with Crippen LogP contribution in [0.25, 0.3) is 0 Å². The Kier molecular flexibility index (Phi) is 68.1. The molecule has 0 heterocycles. The molecule has 0 bridgehead atoms. The summed E-state index contributed by atoms with van der Waals surface area (Å²) in [5, 5.41) is 10.6. The second-order valence-corrected chi connectivity index (χ2v) is 32.6. The van der Waals surface area contributed by atoms with E-state index in [0.717, 1.165) is 108 Å². The molecule has 0 aliphatic heterocycles. The van der Waals surface area contributed by atoms with E-state index in [1.807, 2.05) is 0 Å². The van der Waals surface area contributed by atoms with Crippen molar-refractivity contribution in [2.45, 2.75) is 426 Å². The van der Waals surface area contributed by atoms with E-state index in [1.54, 1.807) is 0 Å². The summed E-state index contributed by atoms with van der Waals surface area (Å²) in [5.74, 6) is 0.229. The molecule has 98 heavy (non-hydrogen) atoms. The lowest BCUT2D eigenvalue weighted by Crippen LogP contribution is -2.30. The van der Waals surface area contributed by atoms with Gasteiger partial charge in [0.05, 0.1) is 26.4 Å². The Bertz CT molecular complexity index is 1910. The Balaban J connectivity index is 5.25. The number of phosphoric ester groups is 2. The molecule has 582 valence electrons. The van der Waals surface area contributed by atoms with Gasteiger partial charge in [-0.1, -0.05) is 357 Å². The summed E-state index contributed by atoms with van der Waals surface area (Å²) < 4.78 is 68.6. The molecule has 0 aromatic carbocycles. The van der Waals surface area contributed by atoms with Crippen molar-refractivity contribution in [2.75, 3.05) is 39.6 Å². The summed E-state index contributed by atoms with van der Waals surface area (Å²) in [5.41, 5.74) is 0. The van der Waals surface area contributed by atoms with Gasteiger partial charge in [0.1, 0.15) is 19.3 Å². The summed E-state index contributed by atoms with van der Waals surface area (Å²) >= 11 is 0. The van der Waals surface area contributed by atoms with Gasteiger partial charge in [0, 0.05) is 25.7 Å². The van der Waals surface area contributed by atoms with Crippen LogP contribution in [0.1, 0.15) is 408 Å². The number of carbonyl (C=O) groups is 4. The first-order valence-corrected chi connectivity index (χ1v) is 43.9. The molecule has 6 atom stereocenters. The molecule has 0 spiro atoms. The minimum Gasteiger partial charge on any atom is -0.462 e. The van der Waals surface area contributed by atoms with Gasteiger partial charge in [0.15, 0.2) is 12.2 Å². The third kappa shape index (κ3) is 71.1. The van der Waals surface area contributed by atoms with Crippen LogP contribution in [0.4, 0.5) is 0 Å². The lowest BCUT2D eigenvalue weighted by molar-refractivity contribution is -0.161. The Morgan fingerprint density at radius 1 is 0.296 bits per heavy atom. The van der Waals surface area contributed by atoms with Crippen molar-refractivity contribution >= 4 is 39.5 Å². The largest absolute Gasteiger partial charge is 0.472 e. The normalized spacial score (nSPS) is 14.3. The lowest BCUT2D eigenvalue weighted by atomic mass is 9.99. The summed E-state index contributed by atoms with van der Waals surface area (Å²) in [4.78, 5) is 72.9. The molecule has 0 amide bonds. The highest BCUT2D eigenvalue weighted by Crippen LogP contribution is 2.45. The molecule has 0 fully saturated rings. The average molecular weight is 1440 g/mol. The zero-order valence-corrected chi connectivity index (χ0v) is 66.0. The second-order valence-electron chi connectivity index (χ2n) is 29.6. The zero-order valence-electron chi connectivity index (χ0n) is 64.3. The van der Waals surface area contributed by atoms with Crippen molar-refractivity contribution in [3.05, 3.63) is 0 Å². The maximum Gasteiger partial charge on any atom is 0.472 e. The zero-order chi connectivity index (χ0) is 72.3. The predicted molar refractivity (Wildman–Crippen MR) is 400 cm³/mol. The number of hydrogen-bond acceptors (Lipinski definition) is 15. The number of ether oxygens (including phenoxy) is 4. The van der Waals surface area contributed by atoms with Gasteiger partial charge in [-0.05, 0) is 43.4 Å². The molecule has 0 saturated carbocycles. The third-order valence-corrected chi connectivity index (χ3v) is 20.6. The molecule has 3 N–H and O–H groups in total. The number of esters is 4. The minimum absolute atomic E-state index is 0.107. The van der Waals surface area contributed by atoms with E-state index >= 15 is 0 Å². The number of carbonyl (C=O) groups excluding carboxylic acids is 4.